The number of hydrogen-bond donors (Lipinski definition) is 2. The molecule has 5 heteroatoms. The maximum atomic E-state index is 12.3. The van der Waals surface area contributed by atoms with Gasteiger partial charge in [0.15, 0.2) is 0 Å². The van der Waals surface area contributed by atoms with E-state index >= 15 is 0 Å². The molecule has 4 rings (SSSR count). The van der Waals surface area contributed by atoms with Crippen molar-refractivity contribution >= 4 is 6.09 Å². The van der Waals surface area contributed by atoms with Crippen LogP contribution in [-0.2, 0) is 17.6 Å². The average Bonchev–Trinajstić information content (AvgIpc) is 3.27. The van der Waals surface area contributed by atoms with Gasteiger partial charge in [0.25, 0.3) is 0 Å². The van der Waals surface area contributed by atoms with E-state index < -0.39 is 0 Å². The molecule has 32 heavy (non-hydrogen) atoms. The second-order valence-electron chi connectivity index (χ2n) is 8.08. The number of carbonyl (C=O) groups is 1. The van der Waals surface area contributed by atoms with E-state index in [1.165, 1.54) is 22.3 Å². The molecule has 0 radical (unpaired) electrons. The number of hydrogen-bond acceptors (Lipinski definition) is 4. The topological polar surface area (TPSA) is 59.6 Å². The first-order chi connectivity index (χ1) is 15.7. The number of rotatable bonds is 8. The summed E-state index contributed by atoms with van der Waals surface area (Å²) in [5.74, 6) is 0.843. The number of alkyl carbamates (subject to hydrolysis) is 1. The van der Waals surface area contributed by atoms with Crippen molar-refractivity contribution in [2.75, 3.05) is 20.2 Å². The van der Waals surface area contributed by atoms with Gasteiger partial charge in [-0.25, -0.2) is 4.79 Å². The van der Waals surface area contributed by atoms with Crippen molar-refractivity contribution in [1.82, 2.24) is 10.6 Å². The van der Waals surface area contributed by atoms with E-state index in [0.29, 0.717) is 6.54 Å². The van der Waals surface area contributed by atoms with E-state index in [2.05, 4.69) is 59.2 Å². The zero-order chi connectivity index (χ0) is 22.2. The van der Waals surface area contributed by atoms with Crippen LogP contribution in [0.1, 0.15) is 17.5 Å². The summed E-state index contributed by atoms with van der Waals surface area (Å²) in [4.78, 5) is 12.3. The summed E-state index contributed by atoms with van der Waals surface area (Å²) >= 11 is 0. The van der Waals surface area contributed by atoms with Crippen LogP contribution in [0.2, 0.25) is 0 Å². The Labute approximate surface area is 189 Å². The van der Waals surface area contributed by atoms with E-state index in [4.69, 9.17) is 9.47 Å². The SMILES string of the molecule is COc1ccc(CC2NCC[C@H]2OC(=O)NCCc2ccc(-c3ccccc3)cc2)cc1. The van der Waals surface area contributed by atoms with Gasteiger partial charge in [0, 0.05) is 12.6 Å². The molecule has 1 fully saturated rings. The molecule has 0 aromatic heterocycles. The van der Waals surface area contributed by atoms with Crippen LogP contribution in [0, 0.1) is 0 Å². The zero-order valence-electron chi connectivity index (χ0n) is 18.4. The van der Waals surface area contributed by atoms with Crippen LogP contribution in [-0.4, -0.2) is 38.4 Å². The van der Waals surface area contributed by atoms with E-state index in [0.717, 1.165) is 31.6 Å². The van der Waals surface area contributed by atoms with Gasteiger partial charge in [-0.15, -0.1) is 0 Å². The van der Waals surface area contributed by atoms with Crippen molar-refractivity contribution in [2.45, 2.75) is 31.4 Å². The Morgan fingerprint density at radius 3 is 2.34 bits per heavy atom. The van der Waals surface area contributed by atoms with E-state index in [1.54, 1.807) is 7.11 Å². The highest BCUT2D eigenvalue weighted by Crippen LogP contribution is 2.20. The Hall–Kier alpha value is -3.31. The quantitative estimate of drug-likeness (QED) is 0.548. The molecular formula is C27H30N2O3. The summed E-state index contributed by atoms with van der Waals surface area (Å²) < 4.78 is 10.9. The van der Waals surface area contributed by atoms with E-state index in [-0.39, 0.29) is 18.2 Å². The Morgan fingerprint density at radius 1 is 0.938 bits per heavy atom. The number of ether oxygens (including phenoxy) is 2. The standard InChI is InChI=1S/C27H30N2O3/c1-31-24-13-9-21(10-14-24)19-25-26(16-18-28-25)32-27(30)29-17-15-20-7-11-23(12-8-20)22-5-3-2-4-6-22/h2-14,25-26,28H,15-19H2,1H3,(H,29,30)/t25?,26-/m1/s1. The molecule has 1 saturated heterocycles. The number of amides is 1. The minimum absolute atomic E-state index is 0.123. The van der Waals surface area contributed by atoms with Crippen LogP contribution >= 0.6 is 0 Å². The normalized spacial score (nSPS) is 17.7. The molecule has 1 heterocycles. The summed E-state index contributed by atoms with van der Waals surface area (Å²) in [7, 11) is 1.66. The summed E-state index contributed by atoms with van der Waals surface area (Å²) in [5, 5.41) is 6.35. The van der Waals surface area contributed by atoms with Crippen LogP contribution in [0.15, 0.2) is 78.9 Å². The lowest BCUT2D eigenvalue weighted by molar-refractivity contribution is 0.0902. The van der Waals surface area contributed by atoms with Crippen molar-refractivity contribution < 1.29 is 14.3 Å². The van der Waals surface area contributed by atoms with Crippen LogP contribution in [0.25, 0.3) is 11.1 Å². The van der Waals surface area contributed by atoms with Gasteiger partial charge in [-0.1, -0.05) is 66.7 Å². The molecular weight excluding hydrogens is 400 g/mol. The van der Waals surface area contributed by atoms with Crippen molar-refractivity contribution in [1.29, 1.82) is 0 Å². The van der Waals surface area contributed by atoms with Gasteiger partial charge in [0.1, 0.15) is 11.9 Å². The summed E-state index contributed by atoms with van der Waals surface area (Å²) in [6.45, 7) is 1.40. The molecule has 0 bridgehead atoms. The Morgan fingerprint density at radius 2 is 1.62 bits per heavy atom. The van der Waals surface area contributed by atoms with Crippen LogP contribution in [0.5, 0.6) is 5.75 Å². The van der Waals surface area contributed by atoms with E-state index in [9.17, 15) is 4.79 Å². The van der Waals surface area contributed by atoms with Crippen molar-refractivity contribution in [2.24, 2.45) is 0 Å². The fourth-order valence-corrected chi connectivity index (χ4v) is 4.09. The minimum atomic E-state index is -0.348. The predicted molar refractivity (Wildman–Crippen MR) is 127 cm³/mol. The monoisotopic (exact) mass is 430 g/mol. The molecule has 0 aliphatic carbocycles. The first kappa shape index (κ1) is 21.9. The molecule has 1 unspecified atom stereocenters. The molecule has 5 nitrogen and oxygen atoms in total. The maximum Gasteiger partial charge on any atom is 0.407 e. The molecule has 0 spiro atoms. The Bertz CT molecular complexity index is 988. The van der Waals surface area contributed by atoms with Gasteiger partial charge in [-0.05, 0) is 60.2 Å². The lowest BCUT2D eigenvalue weighted by Gasteiger charge is -2.20. The van der Waals surface area contributed by atoms with Gasteiger partial charge in [-0.3, -0.25) is 0 Å². The van der Waals surface area contributed by atoms with Gasteiger partial charge >= 0.3 is 6.09 Å². The lowest BCUT2D eigenvalue weighted by Crippen LogP contribution is -2.38. The lowest BCUT2D eigenvalue weighted by atomic mass is 10.0. The molecule has 1 aliphatic rings. The fraction of sp³-hybridized carbons (Fsp3) is 0.296. The maximum absolute atomic E-state index is 12.3. The summed E-state index contributed by atoms with van der Waals surface area (Å²) in [6, 6.07) is 26.9. The third-order valence-corrected chi connectivity index (χ3v) is 5.90. The van der Waals surface area contributed by atoms with Crippen molar-refractivity contribution in [3.63, 3.8) is 0 Å². The smallest absolute Gasteiger partial charge is 0.407 e. The fourth-order valence-electron chi connectivity index (χ4n) is 4.09. The van der Waals surface area contributed by atoms with Gasteiger partial charge in [-0.2, -0.15) is 0 Å². The second kappa shape index (κ2) is 10.8. The highest BCUT2D eigenvalue weighted by Gasteiger charge is 2.30. The predicted octanol–water partition coefficient (Wildman–Crippen LogP) is 4.60. The van der Waals surface area contributed by atoms with Crippen LogP contribution in [0.4, 0.5) is 4.79 Å². The van der Waals surface area contributed by atoms with Crippen LogP contribution < -0.4 is 15.4 Å². The van der Waals surface area contributed by atoms with Gasteiger partial charge < -0.3 is 20.1 Å². The second-order valence-corrected chi connectivity index (χ2v) is 8.08. The average molecular weight is 431 g/mol. The van der Waals surface area contributed by atoms with E-state index in [1.807, 2.05) is 30.3 Å². The number of benzene rings is 3. The summed E-state index contributed by atoms with van der Waals surface area (Å²) in [6.07, 6.45) is 1.94. The number of carbonyl (C=O) groups excluding carboxylic acids is 1. The van der Waals surface area contributed by atoms with Crippen molar-refractivity contribution in [3.8, 4) is 16.9 Å². The van der Waals surface area contributed by atoms with Crippen LogP contribution in [0.3, 0.4) is 0 Å². The first-order valence-corrected chi connectivity index (χ1v) is 11.2. The van der Waals surface area contributed by atoms with Gasteiger partial charge in [0.2, 0.25) is 0 Å². The molecule has 2 N–H and O–H groups in total. The molecule has 0 saturated carbocycles. The van der Waals surface area contributed by atoms with Crippen molar-refractivity contribution in [3.05, 3.63) is 90.0 Å². The Kier molecular flexibility index (Phi) is 7.41. The molecule has 1 aliphatic heterocycles. The largest absolute Gasteiger partial charge is 0.497 e. The molecule has 1 amide bonds. The number of methoxy groups -OCH3 is 1. The number of nitrogens with one attached hydrogen (secondary N) is 2. The highest BCUT2D eigenvalue weighted by molar-refractivity contribution is 5.67. The third kappa shape index (κ3) is 5.89. The highest BCUT2D eigenvalue weighted by atomic mass is 16.6. The third-order valence-electron chi connectivity index (χ3n) is 5.90. The zero-order valence-corrected chi connectivity index (χ0v) is 18.4. The first-order valence-electron chi connectivity index (χ1n) is 11.2. The minimum Gasteiger partial charge on any atom is -0.497 e. The molecule has 3 aromatic carbocycles. The molecule has 166 valence electrons. The summed E-state index contributed by atoms with van der Waals surface area (Å²) in [5.41, 5.74) is 4.77. The molecule has 3 aromatic rings. The van der Waals surface area contributed by atoms with Gasteiger partial charge in [0.05, 0.1) is 7.11 Å². The Balaban J connectivity index is 1.22. The molecule has 2 atom stereocenters.